The predicted molar refractivity (Wildman–Crippen MR) is 91.3 cm³/mol. The Morgan fingerprint density at radius 3 is 2.50 bits per heavy atom. The van der Waals surface area contributed by atoms with Crippen molar-refractivity contribution in [2.24, 2.45) is 0 Å². The summed E-state index contributed by atoms with van der Waals surface area (Å²) in [7, 11) is 0. The highest BCUT2D eigenvalue weighted by atomic mass is 32.2. The van der Waals surface area contributed by atoms with E-state index in [1.54, 1.807) is 6.92 Å². The highest BCUT2D eigenvalue weighted by molar-refractivity contribution is 8.00. The number of carbonyl (C=O) groups excluding carboxylic acids is 1. The van der Waals surface area contributed by atoms with Crippen molar-refractivity contribution in [3.8, 4) is 5.75 Å². The van der Waals surface area contributed by atoms with Crippen LogP contribution in [0.4, 0.5) is 8.78 Å². The Bertz CT molecular complexity index is 692. The number of hydrogen-bond acceptors (Lipinski definition) is 3. The Labute approximate surface area is 144 Å². The molecule has 0 aliphatic carbocycles. The summed E-state index contributed by atoms with van der Waals surface area (Å²) in [6.45, 7) is 4.25. The highest BCUT2D eigenvalue weighted by Crippen LogP contribution is 2.22. The number of ether oxygens (including phenoxy) is 1. The smallest absolute Gasteiger partial charge is 0.230 e. The summed E-state index contributed by atoms with van der Waals surface area (Å²) in [4.78, 5) is 12.9. The van der Waals surface area contributed by atoms with Gasteiger partial charge in [0, 0.05) is 4.90 Å². The van der Waals surface area contributed by atoms with E-state index in [-0.39, 0.29) is 11.7 Å². The lowest BCUT2D eigenvalue weighted by molar-refractivity contribution is -0.119. The average molecular weight is 351 g/mol. The lowest BCUT2D eigenvalue weighted by Crippen LogP contribution is -2.28. The second kappa shape index (κ2) is 8.68. The molecule has 0 saturated heterocycles. The third-order valence-electron chi connectivity index (χ3n) is 3.33. The van der Waals surface area contributed by atoms with E-state index in [4.69, 9.17) is 4.74 Å². The van der Waals surface area contributed by atoms with E-state index in [0.29, 0.717) is 12.2 Å². The first-order valence-electron chi connectivity index (χ1n) is 7.59. The van der Waals surface area contributed by atoms with E-state index in [2.05, 4.69) is 5.32 Å². The number of rotatable bonds is 7. The van der Waals surface area contributed by atoms with E-state index in [0.717, 1.165) is 22.8 Å². The lowest BCUT2D eigenvalue weighted by Gasteiger charge is -2.14. The zero-order chi connectivity index (χ0) is 17.5. The Morgan fingerprint density at radius 2 is 1.88 bits per heavy atom. The molecule has 3 nitrogen and oxygen atoms in total. The zero-order valence-electron chi connectivity index (χ0n) is 13.5. The Morgan fingerprint density at radius 1 is 1.17 bits per heavy atom. The maximum absolute atomic E-state index is 13.2. The van der Waals surface area contributed by atoms with Gasteiger partial charge in [-0.1, -0.05) is 6.07 Å². The van der Waals surface area contributed by atoms with E-state index in [1.165, 1.54) is 17.8 Å². The molecule has 128 valence electrons. The van der Waals surface area contributed by atoms with E-state index in [9.17, 15) is 13.6 Å². The number of carbonyl (C=O) groups is 1. The number of halogens is 2. The molecule has 1 N–H and O–H groups in total. The quantitative estimate of drug-likeness (QED) is 0.755. The lowest BCUT2D eigenvalue weighted by atomic mass is 10.1. The van der Waals surface area contributed by atoms with Crippen LogP contribution in [-0.2, 0) is 4.79 Å². The normalized spacial score (nSPS) is 11.8. The third kappa shape index (κ3) is 5.23. The van der Waals surface area contributed by atoms with Crippen LogP contribution >= 0.6 is 11.8 Å². The fourth-order valence-electron chi connectivity index (χ4n) is 2.10. The third-order valence-corrected chi connectivity index (χ3v) is 4.34. The molecule has 0 aliphatic rings. The van der Waals surface area contributed by atoms with Crippen molar-refractivity contribution in [2.45, 2.75) is 24.8 Å². The maximum Gasteiger partial charge on any atom is 0.230 e. The van der Waals surface area contributed by atoms with Crippen LogP contribution in [0.3, 0.4) is 0 Å². The second-order valence-corrected chi connectivity index (χ2v) is 6.20. The monoisotopic (exact) mass is 351 g/mol. The number of benzene rings is 2. The molecule has 0 aromatic heterocycles. The Balaban J connectivity index is 1.84. The molecule has 1 unspecified atom stereocenters. The van der Waals surface area contributed by atoms with Crippen molar-refractivity contribution in [1.29, 1.82) is 0 Å². The molecule has 0 radical (unpaired) electrons. The van der Waals surface area contributed by atoms with Crippen LogP contribution in [0.1, 0.15) is 25.5 Å². The van der Waals surface area contributed by atoms with Crippen LogP contribution in [0, 0.1) is 11.6 Å². The van der Waals surface area contributed by atoms with Crippen molar-refractivity contribution < 1.29 is 18.3 Å². The van der Waals surface area contributed by atoms with Crippen molar-refractivity contribution >= 4 is 17.7 Å². The van der Waals surface area contributed by atoms with Gasteiger partial charge in [0.2, 0.25) is 5.91 Å². The van der Waals surface area contributed by atoms with Crippen molar-refractivity contribution in [3.63, 3.8) is 0 Å². The maximum atomic E-state index is 13.2. The SMILES string of the molecule is CCOc1ccc(SCC(=O)NC(C)c2ccc(F)c(F)c2)cc1. The summed E-state index contributed by atoms with van der Waals surface area (Å²) in [5.41, 5.74) is 0.522. The molecule has 2 aromatic rings. The fraction of sp³-hybridized carbons (Fsp3) is 0.278. The number of hydrogen-bond donors (Lipinski definition) is 1. The van der Waals surface area contributed by atoms with E-state index >= 15 is 0 Å². The summed E-state index contributed by atoms with van der Waals surface area (Å²) in [6.07, 6.45) is 0. The molecule has 6 heteroatoms. The molecule has 0 bridgehead atoms. The van der Waals surface area contributed by atoms with Crippen LogP contribution in [0.15, 0.2) is 47.4 Å². The van der Waals surface area contributed by atoms with Crippen LogP contribution < -0.4 is 10.1 Å². The van der Waals surface area contributed by atoms with Crippen LogP contribution in [0.25, 0.3) is 0 Å². The van der Waals surface area contributed by atoms with Gasteiger partial charge >= 0.3 is 0 Å². The first-order valence-corrected chi connectivity index (χ1v) is 8.58. The Kier molecular flexibility index (Phi) is 6.61. The molecule has 2 aromatic carbocycles. The molecule has 0 heterocycles. The Hall–Kier alpha value is -2.08. The average Bonchev–Trinajstić information content (AvgIpc) is 2.57. The first kappa shape index (κ1) is 18.3. The van der Waals surface area contributed by atoms with Crippen molar-refractivity contribution in [1.82, 2.24) is 5.32 Å². The van der Waals surface area contributed by atoms with Crippen molar-refractivity contribution in [2.75, 3.05) is 12.4 Å². The minimum atomic E-state index is -0.919. The van der Waals surface area contributed by atoms with Gasteiger partial charge < -0.3 is 10.1 Å². The number of thioether (sulfide) groups is 1. The minimum absolute atomic E-state index is 0.175. The minimum Gasteiger partial charge on any atom is -0.494 e. The van der Waals surface area contributed by atoms with Gasteiger partial charge in [0.25, 0.3) is 0 Å². The molecule has 1 atom stereocenters. The van der Waals surface area contributed by atoms with Gasteiger partial charge in [-0.05, 0) is 55.8 Å². The standard InChI is InChI=1S/C18H19F2NO2S/c1-3-23-14-5-7-15(8-6-14)24-11-18(22)21-12(2)13-4-9-16(19)17(20)10-13/h4-10,12H,3,11H2,1-2H3,(H,21,22). The largest absolute Gasteiger partial charge is 0.494 e. The summed E-state index contributed by atoms with van der Waals surface area (Å²) in [5, 5.41) is 2.77. The molecule has 24 heavy (non-hydrogen) atoms. The van der Waals surface area contributed by atoms with Gasteiger partial charge in [-0.25, -0.2) is 8.78 Å². The van der Waals surface area contributed by atoms with Gasteiger partial charge in [-0.15, -0.1) is 11.8 Å². The van der Waals surface area contributed by atoms with Gasteiger partial charge in [0.1, 0.15) is 5.75 Å². The number of amides is 1. The van der Waals surface area contributed by atoms with Crippen LogP contribution in [0.2, 0.25) is 0 Å². The van der Waals surface area contributed by atoms with Gasteiger partial charge in [-0.3, -0.25) is 4.79 Å². The molecular weight excluding hydrogens is 332 g/mol. The summed E-state index contributed by atoms with van der Waals surface area (Å²) in [5.74, 6) is -0.966. The molecule has 2 rings (SSSR count). The van der Waals surface area contributed by atoms with Gasteiger partial charge in [-0.2, -0.15) is 0 Å². The molecular formula is C18H19F2NO2S. The van der Waals surface area contributed by atoms with E-state index in [1.807, 2.05) is 31.2 Å². The van der Waals surface area contributed by atoms with Crippen LogP contribution in [0.5, 0.6) is 5.75 Å². The van der Waals surface area contributed by atoms with Gasteiger partial charge in [0.15, 0.2) is 11.6 Å². The van der Waals surface area contributed by atoms with E-state index < -0.39 is 17.7 Å². The summed E-state index contributed by atoms with van der Waals surface area (Å²) < 4.78 is 31.5. The summed E-state index contributed by atoms with van der Waals surface area (Å²) >= 11 is 1.40. The number of nitrogens with one attached hydrogen (secondary N) is 1. The molecule has 0 fully saturated rings. The van der Waals surface area contributed by atoms with Gasteiger partial charge in [0.05, 0.1) is 18.4 Å². The molecule has 1 amide bonds. The topological polar surface area (TPSA) is 38.3 Å². The molecule has 0 aliphatic heterocycles. The zero-order valence-corrected chi connectivity index (χ0v) is 14.3. The highest BCUT2D eigenvalue weighted by Gasteiger charge is 2.12. The summed E-state index contributed by atoms with van der Waals surface area (Å²) in [6, 6.07) is 10.7. The predicted octanol–water partition coefficient (Wildman–Crippen LogP) is 4.33. The van der Waals surface area contributed by atoms with Crippen molar-refractivity contribution in [3.05, 3.63) is 59.7 Å². The molecule has 0 spiro atoms. The molecule has 0 saturated carbocycles. The van der Waals surface area contributed by atoms with Crippen LogP contribution in [-0.4, -0.2) is 18.3 Å². The first-order chi connectivity index (χ1) is 11.5. The fourth-order valence-corrected chi connectivity index (χ4v) is 2.81. The second-order valence-electron chi connectivity index (χ2n) is 5.16.